The highest BCUT2D eigenvalue weighted by Crippen LogP contribution is 2.34. The van der Waals surface area contributed by atoms with Gasteiger partial charge in [-0.2, -0.15) is 5.10 Å². The van der Waals surface area contributed by atoms with Crippen molar-refractivity contribution in [1.29, 1.82) is 0 Å². The number of rotatable bonds is 6. The number of carbonyl (C=O) groups excluding carboxylic acids is 2. The Morgan fingerprint density at radius 3 is 2.34 bits per heavy atom. The van der Waals surface area contributed by atoms with E-state index >= 15 is 0 Å². The van der Waals surface area contributed by atoms with Gasteiger partial charge >= 0.3 is 0 Å². The van der Waals surface area contributed by atoms with Crippen LogP contribution < -0.4 is 25.7 Å². The van der Waals surface area contributed by atoms with Crippen LogP contribution in [0.3, 0.4) is 0 Å². The number of benzene rings is 3. The molecule has 2 heterocycles. The lowest BCUT2D eigenvalue weighted by Gasteiger charge is -2.12. The number of carbonyl (C=O) groups is 2. The highest BCUT2D eigenvalue weighted by molar-refractivity contribution is 6.04. The van der Waals surface area contributed by atoms with Gasteiger partial charge < -0.3 is 20.1 Å². The first-order chi connectivity index (χ1) is 17.1. The zero-order valence-corrected chi connectivity index (χ0v) is 18.4. The predicted octanol–water partition coefficient (Wildman–Crippen LogP) is 3.53. The van der Waals surface area contributed by atoms with Crippen molar-refractivity contribution in [1.82, 2.24) is 9.78 Å². The molecular weight excluding hydrogens is 448 g/mol. The van der Waals surface area contributed by atoms with Crippen molar-refractivity contribution >= 4 is 23.2 Å². The molecule has 2 amide bonds. The van der Waals surface area contributed by atoms with Gasteiger partial charge in [0, 0.05) is 22.9 Å². The van der Waals surface area contributed by atoms with Crippen LogP contribution >= 0.6 is 0 Å². The molecule has 1 aliphatic heterocycles. The molecule has 9 nitrogen and oxygen atoms in total. The van der Waals surface area contributed by atoms with E-state index in [1.54, 1.807) is 48.5 Å². The van der Waals surface area contributed by atoms with Crippen LogP contribution in [-0.4, -0.2) is 28.4 Å². The quantitative estimate of drug-likeness (QED) is 0.448. The van der Waals surface area contributed by atoms with Crippen molar-refractivity contribution < 1.29 is 19.1 Å². The molecule has 0 saturated heterocycles. The normalized spacial score (nSPS) is 11.7. The zero-order valence-electron chi connectivity index (χ0n) is 18.4. The third kappa shape index (κ3) is 4.88. The molecule has 4 aromatic rings. The first-order valence-electron chi connectivity index (χ1n) is 10.8. The Morgan fingerprint density at radius 2 is 1.57 bits per heavy atom. The Kier molecular flexibility index (Phi) is 5.96. The maximum Gasteiger partial charge on any atom is 0.291 e. The lowest BCUT2D eigenvalue weighted by molar-refractivity contribution is -0.117. The number of nitrogens with zero attached hydrogens (tertiary/aromatic N) is 2. The van der Waals surface area contributed by atoms with Gasteiger partial charge in [-0.1, -0.05) is 48.5 Å². The fourth-order valence-corrected chi connectivity index (χ4v) is 3.58. The summed E-state index contributed by atoms with van der Waals surface area (Å²) in [6.07, 6.45) is 0. The van der Waals surface area contributed by atoms with Crippen molar-refractivity contribution in [2.45, 2.75) is 6.54 Å². The third-order valence-electron chi connectivity index (χ3n) is 5.28. The maximum absolute atomic E-state index is 13.1. The van der Waals surface area contributed by atoms with E-state index in [9.17, 15) is 14.4 Å². The lowest BCUT2D eigenvalue weighted by Crippen LogP contribution is -2.32. The largest absolute Gasteiger partial charge is 0.454 e. The molecule has 35 heavy (non-hydrogen) atoms. The summed E-state index contributed by atoms with van der Waals surface area (Å²) < 4.78 is 11.6. The summed E-state index contributed by atoms with van der Waals surface area (Å²) in [6, 6.07) is 24.2. The minimum Gasteiger partial charge on any atom is -0.454 e. The first-order valence-corrected chi connectivity index (χ1v) is 10.8. The van der Waals surface area contributed by atoms with Gasteiger partial charge in [0.25, 0.3) is 11.5 Å². The van der Waals surface area contributed by atoms with Gasteiger partial charge in [0.15, 0.2) is 11.5 Å². The van der Waals surface area contributed by atoms with Crippen LogP contribution in [-0.2, 0) is 11.3 Å². The summed E-state index contributed by atoms with van der Waals surface area (Å²) in [5, 5.41) is 9.75. The van der Waals surface area contributed by atoms with Gasteiger partial charge in [-0.15, -0.1) is 0 Å². The number of hydrogen-bond donors (Lipinski definition) is 2. The van der Waals surface area contributed by atoms with Gasteiger partial charge in [0.1, 0.15) is 12.2 Å². The molecule has 0 spiro atoms. The van der Waals surface area contributed by atoms with Crippen LogP contribution in [0.15, 0.2) is 89.7 Å². The SMILES string of the molecule is O=C(Cn1nc(-c2ccccc2)cc(NC(=O)c2ccccc2)c1=O)Nc1ccc2c(c1)OCO2. The smallest absolute Gasteiger partial charge is 0.291 e. The second-order valence-electron chi connectivity index (χ2n) is 7.71. The topological polar surface area (TPSA) is 112 Å². The molecule has 0 unspecified atom stereocenters. The van der Waals surface area contributed by atoms with Crippen LogP contribution in [0.4, 0.5) is 11.4 Å². The Hall–Kier alpha value is -4.92. The van der Waals surface area contributed by atoms with E-state index in [4.69, 9.17) is 9.47 Å². The van der Waals surface area contributed by atoms with Crippen molar-refractivity contribution in [3.8, 4) is 22.8 Å². The van der Waals surface area contributed by atoms with Crippen LogP contribution in [0.2, 0.25) is 0 Å². The molecule has 9 heteroatoms. The van der Waals surface area contributed by atoms with Gasteiger partial charge in [-0.3, -0.25) is 14.4 Å². The van der Waals surface area contributed by atoms with E-state index in [1.165, 1.54) is 6.07 Å². The molecule has 0 saturated carbocycles. The molecule has 0 atom stereocenters. The summed E-state index contributed by atoms with van der Waals surface area (Å²) in [6.45, 7) is -0.238. The predicted molar refractivity (Wildman–Crippen MR) is 130 cm³/mol. The average molecular weight is 468 g/mol. The summed E-state index contributed by atoms with van der Waals surface area (Å²) in [7, 11) is 0. The maximum atomic E-state index is 13.1. The average Bonchev–Trinajstić information content (AvgIpc) is 3.35. The van der Waals surface area contributed by atoms with Crippen molar-refractivity contribution in [2.24, 2.45) is 0 Å². The molecule has 0 radical (unpaired) electrons. The summed E-state index contributed by atoms with van der Waals surface area (Å²) in [4.78, 5) is 38.6. The summed E-state index contributed by atoms with van der Waals surface area (Å²) in [5.74, 6) is 0.207. The van der Waals surface area contributed by atoms with Gasteiger partial charge in [-0.05, 0) is 30.3 Å². The second-order valence-corrected chi connectivity index (χ2v) is 7.71. The zero-order chi connectivity index (χ0) is 24.2. The Labute approximate surface area is 199 Å². The van der Waals surface area contributed by atoms with Crippen molar-refractivity contribution in [2.75, 3.05) is 17.4 Å². The van der Waals surface area contributed by atoms with Gasteiger partial charge in [0.2, 0.25) is 12.7 Å². The Bertz CT molecular complexity index is 1450. The fourth-order valence-electron chi connectivity index (χ4n) is 3.58. The number of amides is 2. The number of aromatic nitrogens is 2. The molecule has 1 aromatic heterocycles. The Balaban J connectivity index is 1.43. The molecule has 0 bridgehead atoms. The summed E-state index contributed by atoms with van der Waals surface area (Å²) in [5.41, 5.74) is 1.47. The van der Waals surface area contributed by atoms with Gasteiger partial charge in [0.05, 0.1) is 5.69 Å². The van der Waals surface area contributed by atoms with Crippen molar-refractivity contribution in [3.63, 3.8) is 0 Å². The number of ether oxygens (including phenoxy) is 2. The molecule has 174 valence electrons. The number of hydrogen-bond acceptors (Lipinski definition) is 6. The minimum atomic E-state index is -0.602. The molecule has 1 aliphatic rings. The highest BCUT2D eigenvalue weighted by Gasteiger charge is 2.17. The highest BCUT2D eigenvalue weighted by atomic mass is 16.7. The standard InChI is InChI=1S/C26H20N4O5/c31-24(27-19-11-12-22-23(13-19)35-16-34-22)15-30-26(33)21(28-25(32)18-9-5-2-6-10-18)14-20(29-30)17-7-3-1-4-8-17/h1-14H,15-16H2,(H,27,31)(H,28,32). The second kappa shape index (κ2) is 9.52. The monoisotopic (exact) mass is 468 g/mol. The molecule has 3 aromatic carbocycles. The van der Waals surface area contributed by atoms with Crippen LogP contribution in [0.25, 0.3) is 11.3 Å². The van der Waals surface area contributed by atoms with E-state index in [2.05, 4.69) is 15.7 Å². The fraction of sp³-hybridized carbons (Fsp3) is 0.0769. The van der Waals surface area contributed by atoms with Crippen molar-refractivity contribution in [3.05, 3.63) is 101 Å². The summed E-state index contributed by atoms with van der Waals surface area (Å²) >= 11 is 0. The van der Waals surface area contributed by atoms with E-state index in [0.29, 0.717) is 28.4 Å². The lowest BCUT2D eigenvalue weighted by atomic mass is 10.1. The molecule has 0 fully saturated rings. The molecule has 2 N–H and O–H groups in total. The molecule has 5 rings (SSSR count). The van der Waals surface area contributed by atoms with Crippen LogP contribution in [0.5, 0.6) is 11.5 Å². The van der Waals surface area contributed by atoms with E-state index < -0.39 is 17.4 Å². The van der Waals surface area contributed by atoms with Crippen LogP contribution in [0.1, 0.15) is 10.4 Å². The van der Waals surface area contributed by atoms with E-state index in [-0.39, 0.29) is 19.0 Å². The van der Waals surface area contributed by atoms with Gasteiger partial charge in [-0.25, -0.2) is 4.68 Å². The number of anilines is 2. The molecular formula is C26H20N4O5. The number of fused-ring (bicyclic) bond motifs is 1. The first kappa shape index (κ1) is 21.9. The minimum absolute atomic E-state index is 0.0172. The molecule has 0 aliphatic carbocycles. The van der Waals surface area contributed by atoms with Crippen LogP contribution in [0, 0.1) is 0 Å². The van der Waals surface area contributed by atoms with E-state index in [0.717, 1.165) is 10.2 Å². The third-order valence-corrected chi connectivity index (χ3v) is 5.28. The Morgan fingerprint density at radius 1 is 0.857 bits per heavy atom. The number of nitrogens with one attached hydrogen (secondary N) is 2. The van der Waals surface area contributed by atoms with E-state index in [1.807, 2.05) is 30.3 Å².